The van der Waals surface area contributed by atoms with E-state index >= 15 is 0 Å². The lowest BCUT2D eigenvalue weighted by atomic mass is 9.71. The molecule has 1 aliphatic carbocycles. The van der Waals surface area contributed by atoms with Crippen molar-refractivity contribution in [2.75, 3.05) is 20.8 Å². The van der Waals surface area contributed by atoms with Gasteiger partial charge in [-0.15, -0.1) is 0 Å². The van der Waals surface area contributed by atoms with Crippen LogP contribution in [0.2, 0.25) is 0 Å². The van der Waals surface area contributed by atoms with E-state index in [-0.39, 0.29) is 103 Å². The number of hydrogen-bond donors (Lipinski definition) is 1. The Labute approximate surface area is 354 Å². The summed E-state index contributed by atoms with van der Waals surface area (Å²) >= 11 is 0. The molecule has 1 spiro atoms. The molecule has 0 aromatic carbocycles. The highest BCUT2D eigenvalue weighted by Crippen LogP contribution is 2.47. The van der Waals surface area contributed by atoms with Crippen LogP contribution in [-0.4, -0.2) is 105 Å². The van der Waals surface area contributed by atoms with Gasteiger partial charge in [-0.25, -0.2) is 0 Å². The summed E-state index contributed by atoms with van der Waals surface area (Å²) in [4.78, 5) is 14.4. The Morgan fingerprint density at radius 3 is 2.34 bits per heavy atom. The number of esters is 1. The van der Waals surface area contributed by atoms with Gasteiger partial charge in [0.25, 0.3) is 0 Å². The van der Waals surface area contributed by atoms with Crippen LogP contribution in [-0.2, 0) is 42.7 Å². The lowest BCUT2D eigenvalue weighted by molar-refractivity contribution is -0.300. The van der Waals surface area contributed by atoms with Crippen LogP contribution >= 0.6 is 0 Å². The van der Waals surface area contributed by atoms with Crippen LogP contribution in [0.15, 0.2) is 59.3 Å². The van der Waals surface area contributed by atoms with Crippen molar-refractivity contribution in [2.24, 2.45) is 47.3 Å². The standard InChI is InChI=1S/C49H74O10/c1-12-26(2)46-29(5)18-19-49(59-46)24-36-21-35(58-49)17-16-28(4)42(39-22-38(52-10)43(32(8)55-39)40-23-41(53-11)45(50)33(9)56-40)27(3)14-13-15-34-25-54-47-31(7)30(6)20-37(44(34)47)48(51)57-36/h13-16,18-20,26-27,29,31-33,35-47,50H,12,17,21-25H2,1-11H3. The average molecular weight is 823 g/mol. The van der Waals surface area contributed by atoms with E-state index in [0.717, 1.165) is 12.0 Å². The Kier molecular flexibility index (Phi) is 14.2. The van der Waals surface area contributed by atoms with Gasteiger partial charge in [-0.2, -0.15) is 0 Å². The number of hydrogen-bond acceptors (Lipinski definition) is 10. The van der Waals surface area contributed by atoms with Gasteiger partial charge in [0.1, 0.15) is 12.2 Å². The number of aliphatic hydroxyl groups is 1. The second-order valence-corrected chi connectivity index (χ2v) is 19.3. The minimum Gasteiger partial charge on any atom is -0.462 e. The molecule has 2 bridgehead atoms. The van der Waals surface area contributed by atoms with E-state index in [0.29, 0.717) is 44.6 Å². The maximum atomic E-state index is 14.4. The Hall–Kier alpha value is -2.15. The number of allylic oxidation sites excluding steroid dienone is 3. The minimum absolute atomic E-state index is 0.00238. The molecule has 1 N–H and O–H groups in total. The summed E-state index contributed by atoms with van der Waals surface area (Å²) in [7, 11) is 3.45. The van der Waals surface area contributed by atoms with E-state index in [1.54, 1.807) is 14.2 Å². The van der Waals surface area contributed by atoms with Crippen molar-refractivity contribution >= 4 is 5.97 Å². The third kappa shape index (κ3) is 9.18. The number of carbonyl (C=O) groups is 1. The average Bonchev–Trinajstić information content (AvgIpc) is 3.63. The molecule has 0 saturated carbocycles. The fourth-order valence-corrected chi connectivity index (χ4v) is 11.7. The van der Waals surface area contributed by atoms with Gasteiger partial charge in [-0.3, -0.25) is 4.79 Å². The molecule has 0 aromatic rings. The van der Waals surface area contributed by atoms with Gasteiger partial charge in [0.05, 0.1) is 67.5 Å². The second-order valence-electron chi connectivity index (χ2n) is 19.3. The molecule has 0 amide bonds. The van der Waals surface area contributed by atoms with E-state index in [1.165, 1.54) is 11.1 Å². The third-order valence-electron chi connectivity index (χ3n) is 15.4. The van der Waals surface area contributed by atoms with E-state index in [2.05, 4.69) is 97.9 Å². The van der Waals surface area contributed by atoms with E-state index in [9.17, 15) is 9.90 Å². The van der Waals surface area contributed by atoms with Crippen molar-refractivity contribution in [3.05, 3.63) is 59.3 Å². The van der Waals surface area contributed by atoms with Crippen molar-refractivity contribution in [1.82, 2.24) is 0 Å². The summed E-state index contributed by atoms with van der Waals surface area (Å²) in [5.41, 5.74) is 3.52. The first-order valence-electron chi connectivity index (χ1n) is 22.8. The van der Waals surface area contributed by atoms with Gasteiger partial charge in [0, 0.05) is 69.5 Å². The Balaban J connectivity index is 1.23. The highest BCUT2D eigenvalue weighted by Gasteiger charge is 2.52. The lowest BCUT2D eigenvalue weighted by Gasteiger charge is -2.49. The molecule has 330 valence electrons. The molecule has 7 rings (SSSR count). The molecule has 10 nitrogen and oxygen atoms in total. The number of methoxy groups -OCH3 is 2. The summed E-state index contributed by atoms with van der Waals surface area (Å²) in [6.07, 6.45) is 16.8. The van der Waals surface area contributed by atoms with Crippen LogP contribution < -0.4 is 0 Å². The summed E-state index contributed by atoms with van der Waals surface area (Å²) in [6.45, 7) is 20.0. The molecule has 0 aromatic heterocycles. The lowest BCUT2D eigenvalue weighted by Crippen LogP contribution is -2.57. The molecule has 0 radical (unpaired) electrons. The minimum atomic E-state index is -0.979. The topological polar surface area (TPSA) is 111 Å². The number of ether oxygens (including phenoxy) is 8. The molecule has 59 heavy (non-hydrogen) atoms. The predicted octanol–water partition coefficient (Wildman–Crippen LogP) is 8.08. The van der Waals surface area contributed by atoms with Crippen LogP contribution in [0, 0.1) is 47.3 Å². The highest BCUT2D eigenvalue weighted by molar-refractivity contribution is 5.76. The number of carbonyl (C=O) groups excluding carboxylic acids is 1. The summed E-state index contributed by atoms with van der Waals surface area (Å²) in [5.74, 6) is -0.762. The zero-order chi connectivity index (χ0) is 42.3. The summed E-state index contributed by atoms with van der Waals surface area (Å²) in [5, 5.41) is 10.7. The fraction of sp³-hybridized carbons (Fsp3) is 0.776. The third-order valence-corrected chi connectivity index (χ3v) is 15.4. The SMILES string of the molecule is CCC(C)C1OC2(C=CC1C)CC1CC(CC=C(C)C(C3CC(OC)C(C4CC(OC)C(O)C(C)O4)C(C)O3)C(C)C=CC=C3COC4C(C)C(C)=CC(C(=O)O1)C34)O2. The van der Waals surface area contributed by atoms with E-state index in [4.69, 9.17) is 37.9 Å². The fourth-order valence-electron chi connectivity index (χ4n) is 11.7. The first-order chi connectivity index (χ1) is 28.2. The second kappa shape index (κ2) is 18.7. The number of rotatable bonds is 6. The van der Waals surface area contributed by atoms with E-state index in [1.807, 2.05) is 6.92 Å². The van der Waals surface area contributed by atoms with Gasteiger partial charge in [0.15, 0.2) is 5.79 Å². The molecule has 4 saturated heterocycles. The molecular formula is C49H74O10. The van der Waals surface area contributed by atoms with Crippen molar-refractivity contribution in [2.45, 2.75) is 174 Å². The number of aliphatic hydroxyl groups excluding tert-OH is 1. The molecule has 20 atom stereocenters. The molecule has 20 unspecified atom stereocenters. The molecular weight excluding hydrogens is 749 g/mol. The largest absolute Gasteiger partial charge is 0.462 e. The molecule has 6 heterocycles. The van der Waals surface area contributed by atoms with Gasteiger partial charge in [0.2, 0.25) is 0 Å². The maximum Gasteiger partial charge on any atom is 0.313 e. The highest BCUT2D eigenvalue weighted by atomic mass is 16.7. The molecule has 4 fully saturated rings. The van der Waals surface area contributed by atoms with Crippen LogP contribution in [0.1, 0.15) is 101 Å². The monoisotopic (exact) mass is 823 g/mol. The van der Waals surface area contributed by atoms with Crippen molar-refractivity contribution < 1.29 is 47.8 Å². The Morgan fingerprint density at radius 1 is 0.881 bits per heavy atom. The Bertz CT molecular complexity index is 1630. The first-order valence-corrected chi connectivity index (χ1v) is 22.8. The number of fused-ring (bicyclic) bond motifs is 2. The quantitative estimate of drug-likeness (QED) is 0.209. The first kappa shape index (κ1) is 44.9. The maximum absolute atomic E-state index is 14.4. The predicted molar refractivity (Wildman–Crippen MR) is 226 cm³/mol. The van der Waals surface area contributed by atoms with Crippen molar-refractivity contribution in [3.8, 4) is 0 Å². The van der Waals surface area contributed by atoms with Crippen molar-refractivity contribution in [1.29, 1.82) is 0 Å². The van der Waals surface area contributed by atoms with Gasteiger partial charge in [-0.05, 0) is 57.6 Å². The van der Waals surface area contributed by atoms with Gasteiger partial charge >= 0.3 is 5.97 Å². The molecule has 6 aliphatic heterocycles. The molecule has 10 heteroatoms. The van der Waals surface area contributed by atoms with Gasteiger partial charge in [-0.1, -0.05) is 88.6 Å². The van der Waals surface area contributed by atoms with Crippen molar-refractivity contribution in [3.63, 3.8) is 0 Å². The van der Waals surface area contributed by atoms with Crippen LogP contribution in [0.5, 0.6) is 0 Å². The van der Waals surface area contributed by atoms with E-state index < -0.39 is 17.8 Å². The van der Waals surface area contributed by atoms with Crippen LogP contribution in [0.25, 0.3) is 0 Å². The van der Waals surface area contributed by atoms with Crippen LogP contribution in [0.4, 0.5) is 0 Å². The normalized spacial score (nSPS) is 47.5. The summed E-state index contributed by atoms with van der Waals surface area (Å²) < 4.78 is 52.6. The van der Waals surface area contributed by atoms with Gasteiger partial charge < -0.3 is 43.0 Å². The summed E-state index contributed by atoms with van der Waals surface area (Å²) in [6, 6.07) is 0. The zero-order valence-corrected chi connectivity index (χ0v) is 37.6. The van der Waals surface area contributed by atoms with Crippen LogP contribution in [0.3, 0.4) is 0 Å². The Morgan fingerprint density at radius 2 is 1.61 bits per heavy atom. The zero-order valence-electron chi connectivity index (χ0n) is 37.6. The smallest absolute Gasteiger partial charge is 0.313 e. The molecule has 7 aliphatic rings.